The van der Waals surface area contributed by atoms with Gasteiger partial charge in [0.05, 0.1) is 7.11 Å². The lowest BCUT2D eigenvalue weighted by atomic mass is 10.2. The standard InChI is InChI=1S/C15H22BrClN2O/c1-20-14-3-4-15(16)13(11-14)12-19-7-2-6-18(8-5-17)9-10-19/h3-4,11H,2,5-10,12H2,1H3. The average Bonchev–Trinajstić information content (AvgIpc) is 2.67. The molecule has 0 atom stereocenters. The molecule has 1 saturated heterocycles. The summed E-state index contributed by atoms with van der Waals surface area (Å²) in [5, 5.41) is 0. The smallest absolute Gasteiger partial charge is 0.119 e. The Morgan fingerprint density at radius 3 is 2.70 bits per heavy atom. The molecule has 0 saturated carbocycles. The summed E-state index contributed by atoms with van der Waals surface area (Å²) in [6.45, 7) is 6.46. The molecule has 0 N–H and O–H groups in total. The first kappa shape index (κ1) is 16.1. The van der Waals surface area contributed by atoms with Crippen molar-refractivity contribution < 1.29 is 4.74 Å². The van der Waals surface area contributed by atoms with Gasteiger partial charge in [0.2, 0.25) is 0 Å². The predicted molar refractivity (Wildman–Crippen MR) is 87.7 cm³/mol. The third kappa shape index (κ3) is 4.62. The van der Waals surface area contributed by atoms with Crippen LogP contribution in [0, 0.1) is 0 Å². The summed E-state index contributed by atoms with van der Waals surface area (Å²) in [5.41, 5.74) is 1.29. The minimum Gasteiger partial charge on any atom is -0.497 e. The first-order valence-corrected chi connectivity index (χ1v) is 8.39. The third-order valence-electron chi connectivity index (χ3n) is 3.73. The summed E-state index contributed by atoms with van der Waals surface area (Å²) in [4.78, 5) is 4.96. The fourth-order valence-electron chi connectivity index (χ4n) is 2.57. The van der Waals surface area contributed by atoms with Gasteiger partial charge in [-0.25, -0.2) is 0 Å². The third-order valence-corrected chi connectivity index (χ3v) is 4.67. The molecule has 1 aromatic carbocycles. The summed E-state index contributed by atoms with van der Waals surface area (Å²) in [5.74, 6) is 1.64. The van der Waals surface area contributed by atoms with Gasteiger partial charge < -0.3 is 9.64 Å². The maximum absolute atomic E-state index is 5.83. The molecule has 2 rings (SSSR count). The number of methoxy groups -OCH3 is 1. The van der Waals surface area contributed by atoms with Crippen LogP contribution in [0.2, 0.25) is 0 Å². The van der Waals surface area contributed by atoms with Crippen LogP contribution in [0.25, 0.3) is 0 Å². The lowest BCUT2D eigenvalue weighted by molar-refractivity contribution is 0.257. The molecule has 1 aliphatic rings. The Balaban J connectivity index is 1.96. The first-order valence-electron chi connectivity index (χ1n) is 7.06. The SMILES string of the molecule is COc1ccc(Br)c(CN2CCCN(CCCl)CC2)c1. The molecular weight excluding hydrogens is 340 g/mol. The van der Waals surface area contributed by atoms with Crippen LogP contribution in [0.4, 0.5) is 0 Å². The van der Waals surface area contributed by atoms with E-state index in [0.29, 0.717) is 0 Å². The number of hydrogen-bond donors (Lipinski definition) is 0. The molecule has 1 fully saturated rings. The van der Waals surface area contributed by atoms with E-state index in [1.54, 1.807) is 7.11 Å². The van der Waals surface area contributed by atoms with E-state index in [2.05, 4.69) is 37.9 Å². The Kier molecular flexibility index (Phi) is 6.62. The molecule has 0 radical (unpaired) electrons. The van der Waals surface area contributed by atoms with Gasteiger partial charge in [-0.2, -0.15) is 0 Å². The van der Waals surface area contributed by atoms with Gasteiger partial charge in [-0.05, 0) is 43.3 Å². The van der Waals surface area contributed by atoms with Crippen molar-refractivity contribution in [2.45, 2.75) is 13.0 Å². The van der Waals surface area contributed by atoms with Crippen molar-refractivity contribution in [1.29, 1.82) is 0 Å². The van der Waals surface area contributed by atoms with Crippen molar-refractivity contribution in [2.24, 2.45) is 0 Å². The highest BCUT2D eigenvalue weighted by Gasteiger charge is 2.15. The number of rotatable bonds is 5. The predicted octanol–water partition coefficient (Wildman–Crippen LogP) is 3.20. The van der Waals surface area contributed by atoms with Gasteiger partial charge in [0.1, 0.15) is 5.75 Å². The molecule has 20 heavy (non-hydrogen) atoms. The zero-order valence-corrected chi connectivity index (χ0v) is 14.3. The average molecular weight is 362 g/mol. The molecule has 3 nitrogen and oxygen atoms in total. The maximum atomic E-state index is 5.83. The van der Waals surface area contributed by atoms with Crippen LogP contribution in [0.1, 0.15) is 12.0 Å². The second-order valence-corrected chi connectivity index (χ2v) is 6.35. The summed E-state index contributed by atoms with van der Waals surface area (Å²) in [6.07, 6.45) is 1.21. The van der Waals surface area contributed by atoms with Crippen molar-refractivity contribution >= 4 is 27.5 Å². The summed E-state index contributed by atoms with van der Waals surface area (Å²) in [7, 11) is 1.71. The van der Waals surface area contributed by atoms with E-state index >= 15 is 0 Å². The molecule has 1 aliphatic heterocycles. The minimum absolute atomic E-state index is 0.724. The van der Waals surface area contributed by atoms with E-state index in [9.17, 15) is 0 Å². The van der Waals surface area contributed by atoms with Crippen LogP contribution in [0.15, 0.2) is 22.7 Å². The van der Waals surface area contributed by atoms with Crippen molar-refractivity contribution in [3.63, 3.8) is 0 Å². The highest BCUT2D eigenvalue weighted by Crippen LogP contribution is 2.24. The van der Waals surface area contributed by atoms with E-state index in [4.69, 9.17) is 16.3 Å². The van der Waals surface area contributed by atoms with Crippen LogP contribution in [0.5, 0.6) is 5.75 Å². The van der Waals surface area contributed by atoms with Crippen molar-refractivity contribution in [2.75, 3.05) is 45.7 Å². The Hall–Kier alpha value is -0.290. The Labute approximate surface area is 135 Å². The fraction of sp³-hybridized carbons (Fsp3) is 0.600. The molecule has 0 aliphatic carbocycles. The Morgan fingerprint density at radius 2 is 1.95 bits per heavy atom. The second kappa shape index (κ2) is 8.23. The van der Waals surface area contributed by atoms with E-state index in [1.807, 2.05) is 6.07 Å². The monoisotopic (exact) mass is 360 g/mol. The molecule has 112 valence electrons. The zero-order chi connectivity index (χ0) is 14.4. The zero-order valence-electron chi connectivity index (χ0n) is 11.9. The topological polar surface area (TPSA) is 15.7 Å². The lowest BCUT2D eigenvalue weighted by Gasteiger charge is -2.22. The molecule has 0 amide bonds. The van der Waals surface area contributed by atoms with Crippen LogP contribution in [0.3, 0.4) is 0 Å². The van der Waals surface area contributed by atoms with Crippen LogP contribution in [-0.4, -0.2) is 55.5 Å². The van der Waals surface area contributed by atoms with Crippen molar-refractivity contribution in [3.8, 4) is 5.75 Å². The number of ether oxygens (including phenoxy) is 1. The molecule has 1 aromatic rings. The van der Waals surface area contributed by atoms with E-state index < -0.39 is 0 Å². The highest BCUT2D eigenvalue weighted by molar-refractivity contribution is 9.10. The molecule has 5 heteroatoms. The number of benzene rings is 1. The van der Waals surface area contributed by atoms with Gasteiger partial charge in [0.15, 0.2) is 0 Å². The molecule has 0 spiro atoms. The van der Waals surface area contributed by atoms with Crippen LogP contribution in [-0.2, 0) is 6.54 Å². The van der Waals surface area contributed by atoms with Gasteiger partial charge in [-0.1, -0.05) is 15.9 Å². The fourth-order valence-corrected chi connectivity index (χ4v) is 3.18. The van der Waals surface area contributed by atoms with Crippen molar-refractivity contribution in [3.05, 3.63) is 28.2 Å². The summed E-state index contributed by atoms with van der Waals surface area (Å²) >= 11 is 9.47. The molecule has 0 unspecified atom stereocenters. The van der Waals surface area contributed by atoms with Crippen LogP contribution >= 0.6 is 27.5 Å². The van der Waals surface area contributed by atoms with Crippen LogP contribution < -0.4 is 4.74 Å². The largest absolute Gasteiger partial charge is 0.497 e. The van der Waals surface area contributed by atoms with Gasteiger partial charge in [0.25, 0.3) is 0 Å². The minimum atomic E-state index is 0.724. The number of halogens is 2. The van der Waals surface area contributed by atoms with Gasteiger partial charge in [-0.3, -0.25) is 4.90 Å². The van der Waals surface area contributed by atoms with E-state index in [-0.39, 0.29) is 0 Å². The molecular formula is C15H22BrClN2O. The Morgan fingerprint density at radius 1 is 1.20 bits per heavy atom. The molecule has 0 aromatic heterocycles. The number of nitrogens with zero attached hydrogens (tertiary/aromatic N) is 2. The van der Waals surface area contributed by atoms with Gasteiger partial charge in [-0.15, -0.1) is 11.6 Å². The summed E-state index contributed by atoms with van der Waals surface area (Å²) in [6, 6.07) is 6.16. The Bertz CT molecular complexity index is 430. The second-order valence-electron chi connectivity index (χ2n) is 5.12. The molecule has 0 bridgehead atoms. The number of alkyl halides is 1. The molecule has 1 heterocycles. The summed E-state index contributed by atoms with van der Waals surface area (Å²) < 4.78 is 6.46. The van der Waals surface area contributed by atoms with Crippen molar-refractivity contribution in [1.82, 2.24) is 9.80 Å². The van der Waals surface area contributed by atoms with E-state index in [1.165, 1.54) is 12.0 Å². The normalized spacial score (nSPS) is 17.9. The van der Waals surface area contributed by atoms with E-state index in [0.717, 1.165) is 55.4 Å². The number of hydrogen-bond acceptors (Lipinski definition) is 3. The van der Waals surface area contributed by atoms with Gasteiger partial charge >= 0.3 is 0 Å². The first-order chi connectivity index (χ1) is 9.72. The quantitative estimate of drug-likeness (QED) is 0.749. The maximum Gasteiger partial charge on any atom is 0.119 e. The highest BCUT2D eigenvalue weighted by atomic mass is 79.9. The lowest BCUT2D eigenvalue weighted by Crippen LogP contribution is -2.31. The van der Waals surface area contributed by atoms with Gasteiger partial charge in [0, 0.05) is 36.5 Å².